The molecule has 0 radical (unpaired) electrons. The Morgan fingerprint density at radius 2 is 1.71 bits per heavy atom. The topological polar surface area (TPSA) is 38.3 Å². The second-order valence-corrected chi connectivity index (χ2v) is 8.57. The number of fused-ring (bicyclic) bond motifs is 1. The second kappa shape index (κ2) is 9.38. The molecule has 0 aliphatic heterocycles. The van der Waals surface area contributed by atoms with Crippen LogP contribution in [-0.2, 0) is 17.6 Å². The van der Waals surface area contributed by atoms with Crippen molar-refractivity contribution in [1.82, 2.24) is 5.32 Å². The van der Waals surface area contributed by atoms with Gasteiger partial charge in [0.05, 0.1) is 6.04 Å². The number of carbonyl (C=O) groups is 1. The van der Waals surface area contributed by atoms with E-state index in [-0.39, 0.29) is 11.9 Å². The van der Waals surface area contributed by atoms with Crippen LogP contribution < -0.4 is 10.1 Å². The maximum Gasteiger partial charge on any atom is 0.261 e. The van der Waals surface area contributed by atoms with E-state index in [1.54, 1.807) is 0 Å². The molecule has 3 aromatic carbocycles. The van der Waals surface area contributed by atoms with Gasteiger partial charge in [0.15, 0.2) is 6.10 Å². The lowest BCUT2D eigenvalue weighted by Crippen LogP contribution is -2.39. The zero-order chi connectivity index (χ0) is 21.8. The molecule has 0 bridgehead atoms. The highest BCUT2D eigenvalue weighted by Crippen LogP contribution is 2.31. The van der Waals surface area contributed by atoms with Crippen LogP contribution in [0.15, 0.2) is 66.7 Å². The molecule has 0 fully saturated rings. The standard InChI is InChI=1S/C28H31NO2/c1-19-16-17-24(20(2)18-19)27(23-11-5-4-6-12-23)29-28(30)21(3)31-26-15-9-13-22-10-7-8-14-25(22)26/h4-6,9,11-13,15-18,21,27H,7-8,10,14H2,1-3H3,(H,29,30)/t21-,27-/m0/s1. The normalized spacial score (nSPS) is 14.9. The quantitative estimate of drug-likeness (QED) is 0.550. The molecule has 0 saturated heterocycles. The molecule has 160 valence electrons. The number of carbonyl (C=O) groups excluding carboxylic acids is 1. The fourth-order valence-corrected chi connectivity index (χ4v) is 4.50. The molecule has 4 rings (SSSR count). The minimum absolute atomic E-state index is 0.109. The van der Waals surface area contributed by atoms with Crippen molar-refractivity contribution in [1.29, 1.82) is 0 Å². The molecule has 0 heterocycles. The molecule has 31 heavy (non-hydrogen) atoms. The van der Waals surface area contributed by atoms with E-state index >= 15 is 0 Å². The Bertz CT molecular complexity index is 1060. The zero-order valence-electron chi connectivity index (χ0n) is 18.7. The van der Waals surface area contributed by atoms with Crippen LogP contribution in [0.2, 0.25) is 0 Å². The number of nitrogens with one attached hydrogen (secondary N) is 1. The number of rotatable bonds is 6. The fourth-order valence-electron chi connectivity index (χ4n) is 4.50. The zero-order valence-corrected chi connectivity index (χ0v) is 18.7. The number of hydrogen-bond acceptors (Lipinski definition) is 2. The van der Waals surface area contributed by atoms with Crippen molar-refractivity contribution in [2.45, 2.75) is 58.6 Å². The lowest BCUT2D eigenvalue weighted by atomic mass is 9.91. The van der Waals surface area contributed by atoms with Crippen molar-refractivity contribution >= 4 is 5.91 Å². The van der Waals surface area contributed by atoms with E-state index in [1.807, 2.05) is 37.3 Å². The van der Waals surface area contributed by atoms with E-state index in [0.29, 0.717) is 0 Å². The van der Waals surface area contributed by atoms with Crippen molar-refractivity contribution in [3.05, 3.63) is 100 Å². The summed E-state index contributed by atoms with van der Waals surface area (Å²) in [5.74, 6) is 0.741. The largest absolute Gasteiger partial charge is 0.481 e. The summed E-state index contributed by atoms with van der Waals surface area (Å²) in [4.78, 5) is 13.2. The van der Waals surface area contributed by atoms with Gasteiger partial charge in [0, 0.05) is 0 Å². The van der Waals surface area contributed by atoms with Crippen LogP contribution in [-0.4, -0.2) is 12.0 Å². The number of aryl methyl sites for hydroxylation is 3. The molecule has 2 atom stereocenters. The molecule has 1 amide bonds. The Balaban J connectivity index is 1.56. The lowest BCUT2D eigenvalue weighted by Gasteiger charge is -2.25. The molecule has 0 saturated carbocycles. The maximum atomic E-state index is 13.2. The second-order valence-electron chi connectivity index (χ2n) is 8.57. The summed E-state index contributed by atoms with van der Waals surface area (Å²) in [5, 5.41) is 3.25. The molecule has 1 aliphatic carbocycles. The van der Waals surface area contributed by atoms with E-state index in [2.05, 4.69) is 55.6 Å². The molecular formula is C28H31NO2. The van der Waals surface area contributed by atoms with Crippen LogP contribution in [0.1, 0.15) is 59.2 Å². The first-order valence-corrected chi connectivity index (χ1v) is 11.2. The van der Waals surface area contributed by atoms with Gasteiger partial charge in [-0.3, -0.25) is 4.79 Å². The average Bonchev–Trinajstić information content (AvgIpc) is 2.78. The summed E-state index contributed by atoms with van der Waals surface area (Å²) in [6, 6.07) is 22.5. The maximum absolute atomic E-state index is 13.2. The van der Waals surface area contributed by atoms with Crippen LogP contribution >= 0.6 is 0 Å². The Kier molecular flexibility index (Phi) is 6.41. The summed E-state index contributed by atoms with van der Waals surface area (Å²) in [6.07, 6.45) is 3.94. The van der Waals surface area contributed by atoms with Gasteiger partial charge in [0.1, 0.15) is 5.75 Å². The van der Waals surface area contributed by atoms with Crippen LogP contribution in [0.25, 0.3) is 0 Å². The highest BCUT2D eigenvalue weighted by atomic mass is 16.5. The SMILES string of the molecule is Cc1ccc([C@@H](NC(=O)[C@H](C)Oc2cccc3c2CCCC3)c2ccccc2)c(C)c1. The number of hydrogen-bond donors (Lipinski definition) is 1. The molecule has 0 unspecified atom stereocenters. The Morgan fingerprint density at radius 1 is 0.935 bits per heavy atom. The third-order valence-electron chi connectivity index (χ3n) is 6.18. The van der Waals surface area contributed by atoms with Crippen molar-refractivity contribution in [3.63, 3.8) is 0 Å². The molecule has 3 heteroatoms. The summed E-state index contributed by atoms with van der Waals surface area (Å²) in [7, 11) is 0. The van der Waals surface area contributed by atoms with Gasteiger partial charge in [-0.25, -0.2) is 0 Å². The summed E-state index contributed by atoms with van der Waals surface area (Å²) in [5.41, 5.74) is 7.17. The van der Waals surface area contributed by atoms with Gasteiger partial charge in [-0.2, -0.15) is 0 Å². The molecule has 3 nitrogen and oxygen atoms in total. The smallest absolute Gasteiger partial charge is 0.261 e. The lowest BCUT2D eigenvalue weighted by molar-refractivity contribution is -0.127. The third kappa shape index (κ3) is 4.82. The van der Waals surface area contributed by atoms with E-state index in [0.717, 1.165) is 29.7 Å². The van der Waals surface area contributed by atoms with Crippen LogP contribution in [0.3, 0.4) is 0 Å². The van der Waals surface area contributed by atoms with Crippen LogP contribution in [0.5, 0.6) is 5.75 Å². The third-order valence-corrected chi connectivity index (χ3v) is 6.18. The van der Waals surface area contributed by atoms with E-state index in [4.69, 9.17) is 4.74 Å². The average molecular weight is 414 g/mol. The first-order valence-electron chi connectivity index (χ1n) is 11.2. The first kappa shape index (κ1) is 21.2. The van der Waals surface area contributed by atoms with Crippen LogP contribution in [0.4, 0.5) is 0 Å². The minimum Gasteiger partial charge on any atom is -0.481 e. The van der Waals surface area contributed by atoms with Crippen molar-refractivity contribution in [2.24, 2.45) is 0 Å². The van der Waals surface area contributed by atoms with Gasteiger partial charge < -0.3 is 10.1 Å². The van der Waals surface area contributed by atoms with Gasteiger partial charge in [-0.1, -0.05) is 66.2 Å². The molecule has 3 aromatic rings. The number of benzene rings is 3. The fraction of sp³-hybridized carbons (Fsp3) is 0.321. The molecular weight excluding hydrogens is 382 g/mol. The number of ether oxygens (including phenoxy) is 1. The van der Waals surface area contributed by atoms with E-state index < -0.39 is 6.10 Å². The monoisotopic (exact) mass is 413 g/mol. The van der Waals surface area contributed by atoms with E-state index in [1.165, 1.54) is 35.1 Å². The minimum atomic E-state index is -0.578. The van der Waals surface area contributed by atoms with Crippen molar-refractivity contribution in [3.8, 4) is 5.75 Å². The summed E-state index contributed by atoms with van der Waals surface area (Å²) >= 11 is 0. The Morgan fingerprint density at radius 3 is 2.48 bits per heavy atom. The van der Waals surface area contributed by atoms with Crippen LogP contribution in [0, 0.1) is 13.8 Å². The highest BCUT2D eigenvalue weighted by Gasteiger charge is 2.24. The van der Waals surface area contributed by atoms with Gasteiger partial charge in [-0.15, -0.1) is 0 Å². The van der Waals surface area contributed by atoms with Gasteiger partial charge in [0.2, 0.25) is 0 Å². The van der Waals surface area contributed by atoms with Gasteiger partial charge >= 0.3 is 0 Å². The van der Waals surface area contributed by atoms with Crippen molar-refractivity contribution in [2.75, 3.05) is 0 Å². The molecule has 1 N–H and O–H groups in total. The number of amides is 1. The summed E-state index contributed by atoms with van der Waals surface area (Å²) < 4.78 is 6.18. The predicted molar refractivity (Wildman–Crippen MR) is 126 cm³/mol. The summed E-state index contributed by atoms with van der Waals surface area (Å²) in [6.45, 7) is 6.02. The molecule has 0 aromatic heterocycles. The Hall–Kier alpha value is -3.07. The Labute approximate surface area is 185 Å². The first-order chi connectivity index (χ1) is 15.0. The van der Waals surface area contributed by atoms with Gasteiger partial charge in [0.25, 0.3) is 5.91 Å². The highest BCUT2D eigenvalue weighted by molar-refractivity contribution is 5.81. The molecule has 1 aliphatic rings. The van der Waals surface area contributed by atoms with Gasteiger partial charge in [-0.05, 0) is 80.3 Å². The predicted octanol–water partition coefficient (Wildman–Crippen LogP) is 5.86. The van der Waals surface area contributed by atoms with E-state index in [9.17, 15) is 4.79 Å². The molecule has 0 spiro atoms. The van der Waals surface area contributed by atoms with Crippen molar-refractivity contribution < 1.29 is 9.53 Å².